The molecule has 0 spiro atoms. The molecular formula is C30H36N2O5S. The van der Waals surface area contributed by atoms with Gasteiger partial charge in [0.25, 0.3) is 0 Å². The highest BCUT2D eigenvalue weighted by atomic mass is 32.2. The van der Waals surface area contributed by atoms with Gasteiger partial charge >= 0.3 is 5.97 Å². The number of β-amino-alcohol motifs (C(OH)–C–C–N with tert-alkyl or cyclic N) is 1. The number of hydrogen-bond donors (Lipinski definition) is 1. The fourth-order valence-corrected chi connectivity index (χ4v) is 6.15. The second-order valence-electron chi connectivity index (χ2n) is 9.64. The second-order valence-corrected chi connectivity index (χ2v) is 11.6. The third-order valence-corrected chi connectivity index (χ3v) is 8.63. The van der Waals surface area contributed by atoms with Gasteiger partial charge in [-0.2, -0.15) is 4.31 Å². The first kappa shape index (κ1) is 28.0. The standard InChI is InChI=1S/C30H36N2O5S/c1-3-18-32(19-4-2)38(35,36)27-16-14-26(15-17-27)30(34)37-22-23-10-12-24(13-11-23)28-20-31(28)21-29(33)25-8-6-5-7-9-25/h5-17,28-29,33H,3-4,18-22H2,1-2H3. The lowest BCUT2D eigenvalue weighted by Crippen LogP contribution is -2.32. The Balaban J connectivity index is 1.28. The number of aliphatic hydroxyl groups is 1. The van der Waals surface area contributed by atoms with Gasteiger partial charge in [0.1, 0.15) is 6.61 Å². The van der Waals surface area contributed by atoms with Gasteiger partial charge in [-0.25, -0.2) is 13.2 Å². The summed E-state index contributed by atoms with van der Waals surface area (Å²) < 4.78 is 32.8. The molecule has 0 amide bonds. The molecule has 8 heteroatoms. The minimum Gasteiger partial charge on any atom is -0.457 e. The number of rotatable bonds is 13. The number of carbonyl (C=O) groups is 1. The summed E-state index contributed by atoms with van der Waals surface area (Å²) in [6.07, 6.45) is 0.961. The number of carbonyl (C=O) groups excluding carboxylic acids is 1. The van der Waals surface area contributed by atoms with Gasteiger partial charge < -0.3 is 9.84 Å². The quantitative estimate of drug-likeness (QED) is 0.246. The van der Waals surface area contributed by atoms with Crippen LogP contribution in [0.3, 0.4) is 0 Å². The molecular weight excluding hydrogens is 500 g/mol. The van der Waals surface area contributed by atoms with Crippen molar-refractivity contribution in [1.82, 2.24) is 9.21 Å². The van der Waals surface area contributed by atoms with Gasteiger partial charge in [0, 0.05) is 32.2 Å². The molecule has 1 fully saturated rings. The van der Waals surface area contributed by atoms with Gasteiger partial charge in [-0.05, 0) is 53.8 Å². The molecule has 1 aliphatic rings. The Morgan fingerprint density at radius 3 is 2.21 bits per heavy atom. The molecule has 4 rings (SSSR count). The zero-order valence-electron chi connectivity index (χ0n) is 22.0. The molecule has 1 saturated heterocycles. The van der Waals surface area contributed by atoms with Crippen LogP contribution in [-0.4, -0.2) is 54.9 Å². The van der Waals surface area contributed by atoms with Crippen LogP contribution < -0.4 is 0 Å². The first-order chi connectivity index (χ1) is 18.3. The van der Waals surface area contributed by atoms with E-state index in [0.29, 0.717) is 25.2 Å². The second kappa shape index (κ2) is 12.7. The van der Waals surface area contributed by atoms with Crippen LogP contribution in [0.5, 0.6) is 0 Å². The average Bonchev–Trinajstić information content (AvgIpc) is 3.71. The SMILES string of the molecule is CCCN(CCC)S(=O)(=O)c1ccc(C(=O)OCc2ccc(C3CN3CC(O)c3ccccc3)cc2)cc1. The van der Waals surface area contributed by atoms with E-state index < -0.39 is 22.1 Å². The van der Waals surface area contributed by atoms with Crippen LogP contribution in [0.25, 0.3) is 0 Å². The van der Waals surface area contributed by atoms with E-state index in [2.05, 4.69) is 4.90 Å². The minimum absolute atomic E-state index is 0.126. The largest absolute Gasteiger partial charge is 0.457 e. The molecule has 3 aromatic carbocycles. The summed E-state index contributed by atoms with van der Waals surface area (Å²) in [6, 6.07) is 23.8. The van der Waals surface area contributed by atoms with Crippen LogP contribution in [0.4, 0.5) is 0 Å². The number of aliphatic hydroxyl groups excluding tert-OH is 1. The summed E-state index contributed by atoms with van der Waals surface area (Å²) in [5.41, 5.74) is 3.26. The van der Waals surface area contributed by atoms with E-state index in [1.807, 2.05) is 68.4 Å². The Morgan fingerprint density at radius 1 is 0.974 bits per heavy atom. The molecule has 38 heavy (non-hydrogen) atoms. The predicted molar refractivity (Wildman–Crippen MR) is 147 cm³/mol. The summed E-state index contributed by atoms with van der Waals surface area (Å²) in [7, 11) is -3.59. The van der Waals surface area contributed by atoms with Crippen molar-refractivity contribution in [3.05, 3.63) is 101 Å². The van der Waals surface area contributed by atoms with E-state index in [4.69, 9.17) is 4.74 Å². The van der Waals surface area contributed by atoms with Crippen molar-refractivity contribution in [3.63, 3.8) is 0 Å². The summed E-state index contributed by atoms with van der Waals surface area (Å²) in [6.45, 7) is 6.44. The molecule has 0 bridgehead atoms. The third-order valence-electron chi connectivity index (χ3n) is 6.71. The van der Waals surface area contributed by atoms with Gasteiger partial charge in [0.05, 0.1) is 16.6 Å². The lowest BCUT2D eigenvalue weighted by Gasteiger charge is -2.21. The van der Waals surface area contributed by atoms with E-state index in [1.54, 1.807) is 0 Å². The Hall–Kier alpha value is -3.04. The van der Waals surface area contributed by atoms with Gasteiger partial charge in [-0.1, -0.05) is 68.4 Å². The normalized spacial score (nSPS) is 17.8. The zero-order chi connectivity index (χ0) is 27.1. The Morgan fingerprint density at radius 2 is 1.61 bits per heavy atom. The monoisotopic (exact) mass is 536 g/mol. The highest BCUT2D eigenvalue weighted by Crippen LogP contribution is 2.36. The fraction of sp³-hybridized carbons (Fsp3) is 0.367. The van der Waals surface area contributed by atoms with Crippen LogP contribution in [0, 0.1) is 0 Å². The molecule has 1 aliphatic heterocycles. The minimum atomic E-state index is -3.59. The van der Waals surface area contributed by atoms with Crippen LogP contribution in [-0.2, 0) is 21.4 Å². The van der Waals surface area contributed by atoms with Crippen molar-refractivity contribution >= 4 is 16.0 Å². The lowest BCUT2D eigenvalue weighted by atomic mass is 10.1. The van der Waals surface area contributed by atoms with Gasteiger partial charge in [0.2, 0.25) is 10.0 Å². The van der Waals surface area contributed by atoms with E-state index >= 15 is 0 Å². The van der Waals surface area contributed by atoms with Crippen LogP contribution in [0.1, 0.15) is 65.9 Å². The van der Waals surface area contributed by atoms with Crippen molar-refractivity contribution < 1.29 is 23.1 Å². The Kier molecular flexibility index (Phi) is 9.33. The zero-order valence-corrected chi connectivity index (χ0v) is 22.8. The molecule has 3 unspecified atom stereocenters. The molecule has 0 radical (unpaired) electrons. The molecule has 1 N–H and O–H groups in total. The van der Waals surface area contributed by atoms with Gasteiger partial charge in [-0.15, -0.1) is 0 Å². The van der Waals surface area contributed by atoms with E-state index in [9.17, 15) is 18.3 Å². The van der Waals surface area contributed by atoms with Crippen molar-refractivity contribution in [2.24, 2.45) is 0 Å². The Bertz CT molecular complexity index is 1290. The van der Waals surface area contributed by atoms with Crippen molar-refractivity contribution in [2.45, 2.75) is 50.3 Å². The van der Waals surface area contributed by atoms with Crippen LogP contribution in [0.15, 0.2) is 83.8 Å². The van der Waals surface area contributed by atoms with Crippen molar-refractivity contribution in [1.29, 1.82) is 0 Å². The molecule has 0 aromatic heterocycles. The molecule has 0 aliphatic carbocycles. The molecule has 1 heterocycles. The maximum absolute atomic E-state index is 12.9. The number of nitrogens with zero attached hydrogens (tertiary/aromatic N) is 2. The highest BCUT2D eigenvalue weighted by molar-refractivity contribution is 7.89. The first-order valence-electron chi connectivity index (χ1n) is 13.2. The van der Waals surface area contributed by atoms with E-state index in [0.717, 1.165) is 36.1 Å². The first-order valence-corrected chi connectivity index (χ1v) is 14.6. The van der Waals surface area contributed by atoms with Crippen LogP contribution in [0.2, 0.25) is 0 Å². The van der Waals surface area contributed by atoms with E-state index in [1.165, 1.54) is 28.6 Å². The summed E-state index contributed by atoms with van der Waals surface area (Å²) in [5, 5.41) is 10.5. The number of esters is 1. The Labute approximate surface area is 225 Å². The molecule has 202 valence electrons. The summed E-state index contributed by atoms with van der Waals surface area (Å²) >= 11 is 0. The smallest absolute Gasteiger partial charge is 0.338 e. The number of ether oxygens (including phenoxy) is 1. The lowest BCUT2D eigenvalue weighted by molar-refractivity contribution is 0.0472. The van der Waals surface area contributed by atoms with E-state index in [-0.39, 0.29) is 17.5 Å². The van der Waals surface area contributed by atoms with Crippen LogP contribution >= 0.6 is 0 Å². The third kappa shape index (κ3) is 6.88. The van der Waals surface area contributed by atoms with Gasteiger partial charge in [-0.3, -0.25) is 4.90 Å². The molecule has 3 aromatic rings. The summed E-state index contributed by atoms with van der Waals surface area (Å²) in [5.74, 6) is -0.500. The number of benzene rings is 3. The molecule has 7 nitrogen and oxygen atoms in total. The fourth-order valence-electron chi connectivity index (χ4n) is 4.53. The molecule has 0 saturated carbocycles. The van der Waals surface area contributed by atoms with Gasteiger partial charge in [0.15, 0.2) is 0 Å². The summed E-state index contributed by atoms with van der Waals surface area (Å²) in [4.78, 5) is 15.0. The average molecular weight is 537 g/mol. The number of hydrogen-bond acceptors (Lipinski definition) is 6. The highest BCUT2D eigenvalue weighted by Gasteiger charge is 2.36. The molecule has 3 atom stereocenters. The van der Waals surface area contributed by atoms with Crippen molar-refractivity contribution in [3.8, 4) is 0 Å². The maximum atomic E-state index is 12.9. The maximum Gasteiger partial charge on any atom is 0.338 e. The topological polar surface area (TPSA) is 86.9 Å². The predicted octanol–water partition coefficient (Wildman–Crippen LogP) is 4.94. The number of sulfonamides is 1. The van der Waals surface area contributed by atoms with Crippen molar-refractivity contribution in [2.75, 3.05) is 26.2 Å².